The van der Waals surface area contributed by atoms with E-state index in [1.54, 1.807) is 0 Å². The van der Waals surface area contributed by atoms with Crippen molar-refractivity contribution in [1.29, 1.82) is 0 Å². The standard InChI is InChI=1S/C37H60N2O5.CH2O/c1-5-7-8-9-10-11-12-13-14-15-16-17-18-21-31-22-19-20-29(3)34(31)35-32(23-25-43-28-40)30(4)39-33(27-42-26-24-38)36(35)37(41)44-6-2;1-2/h19-20,22,28,35,39H,5-18,21,23-27,38H2,1-4H3;1H2. The number of unbranched alkanes of at least 4 members (excludes halogenated alkanes) is 12. The number of rotatable bonds is 25. The lowest BCUT2D eigenvalue weighted by atomic mass is 9.75. The van der Waals surface area contributed by atoms with E-state index in [1.807, 2.05) is 20.6 Å². The highest BCUT2D eigenvalue weighted by molar-refractivity contribution is 5.93. The third-order valence-electron chi connectivity index (χ3n) is 8.60. The predicted octanol–water partition coefficient (Wildman–Crippen LogP) is 7.76. The van der Waals surface area contributed by atoms with Crippen LogP contribution in [-0.2, 0) is 35.0 Å². The van der Waals surface area contributed by atoms with Gasteiger partial charge in [-0.05, 0) is 55.9 Å². The quantitative estimate of drug-likeness (QED) is 0.0632. The van der Waals surface area contributed by atoms with Crippen LogP contribution in [0, 0.1) is 6.92 Å². The van der Waals surface area contributed by atoms with Crippen molar-refractivity contribution < 1.29 is 28.6 Å². The summed E-state index contributed by atoms with van der Waals surface area (Å²) in [6.07, 6.45) is 18.7. The number of hydrogen-bond acceptors (Lipinski definition) is 8. The van der Waals surface area contributed by atoms with Gasteiger partial charge in [0.25, 0.3) is 6.47 Å². The van der Waals surface area contributed by atoms with Gasteiger partial charge in [0.1, 0.15) is 6.79 Å². The van der Waals surface area contributed by atoms with E-state index in [2.05, 4.69) is 37.4 Å². The van der Waals surface area contributed by atoms with E-state index >= 15 is 0 Å². The zero-order chi connectivity index (χ0) is 34.0. The summed E-state index contributed by atoms with van der Waals surface area (Å²) in [7, 11) is 0. The van der Waals surface area contributed by atoms with Crippen molar-refractivity contribution in [2.24, 2.45) is 5.73 Å². The molecule has 2 rings (SSSR count). The highest BCUT2D eigenvalue weighted by Gasteiger charge is 2.36. The van der Waals surface area contributed by atoms with Gasteiger partial charge in [0.15, 0.2) is 0 Å². The Labute approximate surface area is 278 Å². The monoisotopic (exact) mass is 642 g/mol. The van der Waals surface area contributed by atoms with Gasteiger partial charge in [0.2, 0.25) is 0 Å². The smallest absolute Gasteiger partial charge is 0.336 e. The number of aryl methyl sites for hydroxylation is 2. The summed E-state index contributed by atoms with van der Waals surface area (Å²) >= 11 is 0. The second kappa shape index (κ2) is 26.1. The molecule has 46 heavy (non-hydrogen) atoms. The third-order valence-corrected chi connectivity index (χ3v) is 8.60. The van der Waals surface area contributed by atoms with Crippen LogP contribution in [0.2, 0.25) is 0 Å². The molecule has 0 bridgehead atoms. The number of hydrogen-bond donors (Lipinski definition) is 2. The number of carbonyl (C=O) groups excluding carboxylic acids is 3. The molecule has 0 aliphatic carbocycles. The normalized spacial score (nSPS) is 14.4. The van der Waals surface area contributed by atoms with Gasteiger partial charge in [-0.25, -0.2) is 4.79 Å². The summed E-state index contributed by atoms with van der Waals surface area (Å²) in [6.45, 7) is 12.2. The number of benzene rings is 1. The molecule has 1 aromatic carbocycles. The Bertz CT molecular complexity index is 1070. The Morgan fingerprint density at radius 2 is 1.50 bits per heavy atom. The van der Waals surface area contributed by atoms with Gasteiger partial charge in [-0.15, -0.1) is 0 Å². The van der Waals surface area contributed by atoms with E-state index in [4.69, 9.17) is 24.7 Å². The van der Waals surface area contributed by atoms with Crippen molar-refractivity contribution in [3.8, 4) is 0 Å². The second-order valence-corrected chi connectivity index (χ2v) is 12.0. The second-order valence-electron chi connectivity index (χ2n) is 12.0. The first-order valence-corrected chi connectivity index (χ1v) is 17.6. The Hall–Kier alpha value is -2.97. The molecule has 0 saturated carbocycles. The fourth-order valence-corrected chi connectivity index (χ4v) is 6.33. The van der Waals surface area contributed by atoms with Crippen LogP contribution in [0.1, 0.15) is 133 Å². The van der Waals surface area contributed by atoms with Crippen molar-refractivity contribution >= 4 is 19.2 Å². The Morgan fingerprint density at radius 3 is 2.07 bits per heavy atom. The molecule has 1 atom stereocenters. The van der Waals surface area contributed by atoms with Crippen molar-refractivity contribution in [2.75, 3.05) is 33.0 Å². The maximum atomic E-state index is 13.6. The van der Waals surface area contributed by atoms with Crippen LogP contribution in [0.3, 0.4) is 0 Å². The summed E-state index contributed by atoms with van der Waals surface area (Å²) < 4.78 is 16.5. The number of dihydropyridines is 1. The van der Waals surface area contributed by atoms with Gasteiger partial charge in [0, 0.05) is 24.6 Å². The van der Waals surface area contributed by atoms with Crippen LogP contribution in [0.25, 0.3) is 0 Å². The zero-order valence-electron chi connectivity index (χ0n) is 29.3. The summed E-state index contributed by atoms with van der Waals surface area (Å²) in [6, 6.07) is 6.43. The summed E-state index contributed by atoms with van der Waals surface area (Å²) in [5.41, 5.74) is 12.5. The minimum atomic E-state index is -0.354. The van der Waals surface area contributed by atoms with Crippen LogP contribution in [0.5, 0.6) is 0 Å². The van der Waals surface area contributed by atoms with Gasteiger partial charge in [-0.3, -0.25) is 4.79 Å². The van der Waals surface area contributed by atoms with E-state index in [9.17, 15) is 9.59 Å². The largest absolute Gasteiger partial charge is 0.468 e. The fourth-order valence-electron chi connectivity index (χ4n) is 6.33. The van der Waals surface area contributed by atoms with Crippen LogP contribution in [0.4, 0.5) is 0 Å². The van der Waals surface area contributed by atoms with Crippen molar-refractivity contribution in [1.82, 2.24) is 5.32 Å². The summed E-state index contributed by atoms with van der Waals surface area (Å²) in [5, 5.41) is 3.42. The molecule has 0 spiro atoms. The lowest BCUT2D eigenvalue weighted by Gasteiger charge is -2.34. The summed E-state index contributed by atoms with van der Waals surface area (Å²) in [4.78, 5) is 32.6. The molecule has 8 nitrogen and oxygen atoms in total. The molecule has 0 aromatic heterocycles. The summed E-state index contributed by atoms with van der Waals surface area (Å²) in [5.74, 6) is -0.673. The molecule has 8 heteroatoms. The minimum absolute atomic E-state index is 0.234. The fraction of sp³-hybridized carbons (Fsp3) is 0.658. The Morgan fingerprint density at radius 1 is 0.891 bits per heavy atom. The minimum Gasteiger partial charge on any atom is -0.468 e. The van der Waals surface area contributed by atoms with E-state index in [1.165, 1.54) is 82.6 Å². The van der Waals surface area contributed by atoms with E-state index < -0.39 is 0 Å². The first kappa shape index (κ1) is 41.1. The maximum Gasteiger partial charge on any atom is 0.336 e. The van der Waals surface area contributed by atoms with Crippen molar-refractivity contribution in [3.05, 3.63) is 57.4 Å². The highest BCUT2D eigenvalue weighted by Crippen LogP contribution is 2.43. The van der Waals surface area contributed by atoms with Gasteiger partial charge >= 0.3 is 5.97 Å². The number of nitrogens with two attached hydrogens (primary N) is 1. The van der Waals surface area contributed by atoms with E-state index in [-0.39, 0.29) is 31.7 Å². The third kappa shape index (κ3) is 14.6. The van der Waals surface area contributed by atoms with Crippen molar-refractivity contribution in [3.63, 3.8) is 0 Å². The molecule has 1 aliphatic rings. The predicted molar refractivity (Wildman–Crippen MR) is 186 cm³/mol. The SMILES string of the molecule is C=O.CCCCCCCCCCCCCCCc1cccc(C)c1C1C(CCOC=O)=C(C)NC(COCCN)=C1C(=O)OCC. The highest BCUT2D eigenvalue weighted by atomic mass is 16.5. The molecule has 1 aliphatic heterocycles. The Kier molecular flexibility index (Phi) is 23.3. The molecule has 1 heterocycles. The molecular formula is C38H62N2O6. The number of nitrogens with one attached hydrogen (secondary N) is 1. The zero-order valence-corrected chi connectivity index (χ0v) is 29.3. The van der Waals surface area contributed by atoms with Crippen LogP contribution in [0.15, 0.2) is 40.7 Å². The molecule has 1 unspecified atom stereocenters. The van der Waals surface area contributed by atoms with Gasteiger partial charge in [-0.2, -0.15) is 0 Å². The molecule has 0 radical (unpaired) electrons. The van der Waals surface area contributed by atoms with Gasteiger partial charge in [0.05, 0.1) is 37.7 Å². The lowest BCUT2D eigenvalue weighted by Crippen LogP contribution is -2.33. The molecule has 260 valence electrons. The van der Waals surface area contributed by atoms with E-state index in [0.717, 1.165) is 35.2 Å². The van der Waals surface area contributed by atoms with Gasteiger partial charge < -0.3 is 30.1 Å². The number of allylic oxidation sites excluding steroid dienone is 1. The Balaban J connectivity index is 0.00000518. The molecule has 3 N–H and O–H groups in total. The van der Waals surface area contributed by atoms with E-state index in [0.29, 0.717) is 37.3 Å². The van der Waals surface area contributed by atoms with Crippen molar-refractivity contribution in [2.45, 2.75) is 130 Å². The van der Waals surface area contributed by atoms with Gasteiger partial charge in [-0.1, -0.05) is 102 Å². The molecular weight excluding hydrogens is 580 g/mol. The van der Waals surface area contributed by atoms with Crippen LogP contribution < -0.4 is 11.1 Å². The average molecular weight is 643 g/mol. The first-order valence-electron chi connectivity index (χ1n) is 17.6. The maximum absolute atomic E-state index is 13.6. The van der Waals surface area contributed by atoms with Crippen LogP contribution in [-0.4, -0.2) is 52.2 Å². The van der Waals surface area contributed by atoms with Crippen LogP contribution >= 0.6 is 0 Å². The molecule has 0 amide bonds. The number of esters is 1. The topological polar surface area (TPSA) is 117 Å². The first-order chi connectivity index (χ1) is 22.5. The lowest BCUT2D eigenvalue weighted by molar-refractivity contribution is -0.139. The number of carbonyl (C=O) groups is 3. The number of ether oxygens (including phenoxy) is 3. The molecule has 1 aromatic rings. The molecule has 0 saturated heterocycles. The average Bonchev–Trinajstić information content (AvgIpc) is 3.05. The molecule has 0 fully saturated rings.